The third-order valence-corrected chi connectivity index (χ3v) is 3.27. The number of likely N-dealkylation sites (N-methyl/N-ethyl adjacent to an activating group) is 1. The molecule has 1 saturated heterocycles. The van der Waals surface area contributed by atoms with Crippen molar-refractivity contribution in [2.24, 2.45) is 0 Å². The number of nitrogens with zero attached hydrogens (tertiary/aromatic N) is 2. The molecule has 0 saturated carbocycles. The highest BCUT2D eigenvalue weighted by Crippen LogP contribution is 2.25. The van der Waals surface area contributed by atoms with E-state index < -0.39 is 0 Å². The Hall–Kier alpha value is -1.55. The van der Waals surface area contributed by atoms with Gasteiger partial charge in [-0.3, -0.25) is 4.90 Å². The Balaban J connectivity index is 2.19. The van der Waals surface area contributed by atoms with Crippen LogP contribution in [0, 0.1) is 0 Å². The van der Waals surface area contributed by atoms with Crippen molar-refractivity contribution >= 4 is 6.09 Å². The van der Waals surface area contributed by atoms with E-state index >= 15 is 0 Å². The van der Waals surface area contributed by atoms with Crippen LogP contribution in [0.4, 0.5) is 4.79 Å². The second kappa shape index (κ2) is 5.87. The van der Waals surface area contributed by atoms with Crippen molar-refractivity contribution < 1.29 is 9.53 Å². The summed E-state index contributed by atoms with van der Waals surface area (Å²) in [4.78, 5) is 16.0. The summed E-state index contributed by atoms with van der Waals surface area (Å²) < 4.78 is 5.14. The fourth-order valence-corrected chi connectivity index (χ4v) is 2.30. The van der Waals surface area contributed by atoms with Gasteiger partial charge in [0.2, 0.25) is 0 Å². The molecule has 1 aliphatic rings. The maximum atomic E-state index is 12.0. The fourth-order valence-electron chi connectivity index (χ4n) is 2.30. The number of rotatable bonds is 2. The predicted octanol–water partition coefficient (Wildman–Crippen LogP) is 2.13. The number of carbonyl (C=O) groups excluding carboxylic acids is 1. The van der Waals surface area contributed by atoms with E-state index in [1.165, 1.54) is 0 Å². The van der Waals surface area contributed by atoms with E-state index in [-0.39, 0.29) is 12.1 Å². The average Bonchev–Trinajstić information content (AvgIpc) is 2.40. The van der Waals surface area contributed by atoms with Gasteiger partial charge >= 0.3 is 6.09 Å². The largest absolute Gasteiger partial charge is 0.450 e. The molecular weight excluding hydrogens is 228 g/mol. The summed E-state index contributed by atoms with van der Waals surface area (Å²) in [5.41, 5.74) is 1.16. The van der Waals surface area contributed by atoms with Crippen LogP contribution in [0.25, 0.3) is 0 Å². The fraction of sp³-hybridized carbons (Fsp3) is 0.500. The Bertz CT molecular complexity index is 394. The van der Waals surface area contributed by atoms with E-state index in [0.717, 1.165) is 25.2 Å². The number of benzene rings is 1. The lowest BCUT2D eigenvalue weighted by molar-refractivity contribution is 0.0558. The smallest absolute Gasteiger partial charge is 0.410 e. The van der Waals surface area contributed by atoms with Gasteiger partial charge in [0, 0.05) is 19.6 Å². The van der Waals surface area contributed by atoms with Crippen LogP contribution < -0.4 is 0 Å². The van der Waals surface area contributed by atoms with Crippen LogP contribution in [-0.4, -0.2) is 49.2 Å². The number of piperazine rings is 1. The first kappa shape index (κ1) is 12.9. The van der Waals surface area contributed by atoms with Crippen molar-refractivity contribution in [2.45, 2.75) is 13.0 Å². The van der Waals surface area contributed by atoms with E-state index in [0.29, 0.717) is 6.61 Å². The lowest BCUT2D eigenvalue weighted by Crippen LogP contribution is -2.49. The van der Waals surface area contributed by atoms with Gasteiger partial charge < -0.3 is 9.64 Å². The van der Waals surface area contributed by atoms with Gasteiger partial charge in [-0.15, -0.1) is 0 Å². The molecule has 1 fully saturated rings. The molecule has 4 heteroatoms. The molecule has 2 rings (SSSR count). The van der Waals surface area contributed by atoms with Crippen LogP contribution in [0.2, 0.25) is 0 Å². The summed E-state index contributed by atoms with van der Waals surface area (Å²) in [6.45, 7) is 4.72. The molecular formula is C14H20N2O2. The number of ether oxygens (including phenoxy) is 1. The lowest BCUT2D eigenvalue weighted by Gasteiger charge is -2.39. The summed E-state index contributed by atoms with van der Waals surface area (Å²) in [7, 11) is 2.08. The summed E-state index contributed by atoms with van der Waals surface area (Å²) in [6.07, 6.45) is -0.209. The van der Waals surface area contributed by atoms with Gasteiger partial charge in [0.1, 0.15) is 0 Å². The normalized spacial score (nSPS) is 20.8. The van der Waals surface area contributed by atoms with Gasteiger partial charge in [0.15, 0.2) is 0 Å². The third kappa shape index (κ3) is 2.82. The second-order valence-corrected chi connectivity index (χ2v) is 4.58. The van der Waals surface area contributed by atoms with E-state index in [1.54, 1.807) is 0 Å². The minimum atomic E-state index is -0.209. The van der Waals surface area contributed by atoms with Gasteiger partial charge in [0.05, 0.1) is 12.6 Å². The molecule has 0 N–H and O–H groups in total. The molecule has 1 unspecified atom stereocenters. The standard InChI is InChI=1S/C14H20N2O2/c1-3-18-14(17)16-10-9-15(2)11-13(16)12-7-5-4-6-8-12/h4-8,13H,3,9-11H2,1-2H3. The van der Waals surface area contributed by atoms with E-state index in [9.17, 15) is 4.79 Å². The zero-order chi connectivity index (χ0) is 13.0. The molecule has 0 radical (unpaired) electrons. The number of amides is 1. The highest BCUT2D eigenvalue weighted by Gasteiger charge is 2.30. The average molecular weight is 248 g/mol. The Kier molecular flexibility index (Phi) is 4.20. The topological polar surface area (TPSA) is 32.8 Å². The Morgan fingerprint density at radius 3 is 2.72 bits per heavy atom. The predicted molar refractivity (Wildman–Crippen MR) is 70.4 cm³/mol. The zero-order valence-electron chi connectivity index (χ0n) is 11.0. The quantitative estimate of drug-likeness (QED) is 0.804. The minimum absolute atomic E-state index is 0.0870. The molecule has 1 atom stereocenters. The van der Waals surface area contributed by atoms with Crippen LogP contribution in [0.3, 0.4) is 0 Å². The van der Waals surface area contributed by atoms with Crippen molar-refractivity contribution in [1.82, 2.24) is 9.80 Å². The van der Waals surface area contributed by atoms with E-state index in [1.807, 2.05) is 30.0 Å². The molecule has 1 aromatic rings. The van der Waals surface area contributed by atoms with Crippen molar-refractivity contribution in [3.05, 3.63) is 35.9 Å². The summed E-state index contributed by atoms with van der Waals surface area (Å²) in [5, 5.41) is 0. The zero-order valence-corrected chi connectivity index (χ0v) is 11.0. The SMILES string of the molecule is CCOC(=O)N1CCN(C)CC1c1ccccc1. The molecule has 1 amide bonds. The number of hydrogen-bond donors (Lipinski definition) is 0. The van der Waals surface area contributed by atoms with Crippen molar-refractivity contribution in [3.8, 4) is 0 Å². The maximum absolute atomic E-state index is 12.0. The van der Waals surface area contributed by atoms with Crippen molar-refractivity contribution in [2.75, 3.05) is 33.3 Å². The minimum Gasteiger partial charge on any atom is -0.450 e. The molecule has 1 aromatic carbocycles. The first-order valence-electron chi connectivity index (χ1n) is 6.39. The highest BCUT2D eigenvalue weighted by molar-refractivity contribution is 5.68. The van der Waals surface area contributed by atoms with Crippen LogP contribution in [0.5, 0.6) is 0 Å². The van der Waals surface area contributed by atoms with Gasteiger partial charge in [-0.2, -0.15) is 0 Å². The van der Waals surface area contributed by atoms with Crippen LogP contribution in [-0.2, 0) is 4.74 Å². The van der Waals surface area contributed by atoms with Crippen LogP contribution in [0.1, 0.15) is 18.5 Å². The van der Waals surface area contributed by atoms with Gasteiger partial charge in [-0.25, -0.2) is 4.79 Å². The van der Waals surface area contributed by atoms with Crippen molar-refractivity contribution in [3.63, 3.8) is 0 Å². The molecule has 0 spiro atoms. The van der Waals surface area contributed by atoms with Gasteiger partial charge in [0.25, 0.3) is 0 Å². The molecule has 0 aliphatic carbocycles. The van der Waals surface area contributed by atoms with Gasteiger partial charge in [-0.1, -0.05) is 30.3 Å². The highest BCUT2D eigenvalue weighted by atomic mass is 16.6. The molecule has 4 nitrogen and oxygen atoms in total. The molecule has 98 valence electrons. The number of hydrogen-bond acceptors (Lipinski definition) is 3. The van der Waals surface area contributed by atoms with Crippen LogP contribution in [0.15, 0.2) is 30.3 Å². The molecule has 1 aliphatic heterocycles. The Morgan fingerprint density at radius 1 is 1.33 bits per heavy atom. The summed E-state index contributed by atoms with van der Waals surface area (Å²) in [5.74, 6) is 0. The van der Waals surface area contributed by atoms with E-state index in [4.69, 9.17) is 4.74 Å². The second-order valence-electron chi connectivity index (χ2n) is 4.58. The molecule has 0 aromatic heterocycles. The summed E-state index contributed by atoms with van der Waals surface area (Å²) >= 11 is 0. The summed E-state index contributed by atoms with van der Waals surface area (Å²) in [6, 6.07) is 10.2. The third-order valence-electron chi connectivity index (χ3n) is 3.27. The maximum Gasteiger partial charge on any atom is 0.410 e. The van der Waals surface area contributed by atoms with Gasteiger partial charge in [-0.05, 0) is 19.5 Å². The molecule has 1 heterocycles. The Labute approximate surface area is 108 Å². The molecule has 0 bridgehead atoms. The molecule has 18 heavy (non-hydrogen) atoms. The van der Waals surface area contributed by atoms with Crippen LogP contribution >= 0.6 is 0 Å². The van der Waals surface area contributed by atoms with Crippen molar-refractivity contribution in [1.29, 1.82) is 0 Å². The first-order valence-corrected chi connectivity index (χ1v) is 6.39. The first-order chi connectivity index (χ1) is 8.72. The van der Waals surface area contributed by atoms with E-state index in [2.05, 4.69) is 24.1 Å². The monoisotopic (exact) mass is 248 g/mol. The Morgan fingerprint density at radius 2 is 2.06 bits per heavy atom. The number of carbonyl (C=O) groups is 1. The lowest BCUT2D eigenvalue weighted by atomic mass is 10.0.